The summed E-state index contributed by atoms with van der Waals surface area (Å²) in [5, 5.41) is 9.14. The van der Waals surface area contributed by atoms with E-state index in [1.165, 1.54) is 0 Å². The Bertz CT molecular complexity index is 248. The van der Waals surface area contributed by atoms with Crippen LogP contribution >= 0.6 is 0 Å². The minimum Gasteiger partial charge on any atom is -0.508 e. The second-order valence-electron chi connectivity index (χ2n) is 2.40. The second-order valence-corrected chi connectivity index (χ2v) is 2.40. The normalized spacial score (nSPS) is 9.83. The summed E-state index contributed by atoms with van der Waals surface area (Å²) in [6.07, 6.45) is 0. The number of rotatable bonds is 3. The Hall–Kier alpha value is -0.995. The summed E-state index contributed by atoms with van der Waals surface area (Å²) in [6.45, 7) is 0. The summed E-state index contributed by atoms with van der Waals surface area (Å²) < 4.78 is 10.0. The lowest BCUT2D eigenvalue weighted by molar-refractivity contribution is 0.291. The molecule has 12 heavy (non-hydrogen) atoms. The average molecular weight is 166 g/mol. The number of benzene rings is 1. The molecule has 64 valence electrons. The minimum atomic E-state index is -0.405. The van der Waals surface area contributed by atoms with Crippen LogP contribution in [-0.2, 0) is 9.31 Å². The summed E-state index contributed by atoms with van der Waals surface area (Å²) >= 11 is 0. The lowest BCUT2D eigenvalue weighted by Gasteiger charge is -2.07. The first-order valence-electron chi connectivity index (χ1n) is 3.62. The highest BCUT2D eigenvalue weighted by molar-refractivity contribution is 6.61. The Kier molecular flexibility index (Phi) is 3.14. The van der Waals surface area contributed by atoms with Gasteiger partial charge >= 0.3 is 7.12 Å². The topological polar surface area (TPSA) is 38.7 Å². The third-order valence-electron chi connectivity index (χ3n) is 1.57. The molecular formula is C8H11BO3. The molecule has 0 aliphatic carbocycles. The molecule has 0 saturated carbocycles. The van der Waals surface area contributed by atoms with Crippen molar-refractivity contribution in [2.45, 2.75) is 0 Å². The molecule has 1 N–H and O–H groups in total. The summed E-state index contributed by atoms with van der Waals surface area (Å²) in [5.74, 6) is 0.214. The van der Waals surface area contributed by atoms with Crippen molar-refractivity contribution in [2.24, 2.45) is 0 Å². The summed E-state index contributed by atoms with van der Waals surface area (Å²) in [7, 11) is 2.70. The molecule has 0 fully saturated rings. The standard InChI is InChI=1S/C8H11BO3/c1-11-9(12-2)7-4-3-5-8(10)6-7/h3-6,10H,1-2H3. The van der Waals surface area contributed by atoms with Crippen molar-refractivity contribution >= 4 is 12.6 Å². The fraction of sp³-hybridized carbons (Fsp3) is 0.250. The molecule has 0 atom stereocenters. The van der Waals surface area contributed by atoms with Crippen molar-refractivity contribution in [2.75, 3.05) is 14.2 Å². The Morgan fingerprint density at radius 1 is 1.25 bits per heavy atom. The van der Waals surface area contributed by atoms with Gasteiger partial charge in [0.25, 0.3) is 0 Å². The number of phenolic OH excluding ortho intramolecular Hbond substituents is 1. The molecule has 4 heteroatoms. The predicted octanol–water partition coefficient (Wildman–Crippen LogP) is 0.380. The number of hydrogen-bond donors (Lipinski definition) is 1. The van der Waals surface area contributed by atoms with Crippen LogP contribution in [0, 0.1) is 0 Å². The Morgan fingerprint density at radius 2 is 1.92 bits per heavy atom. The summed E-state index contributed by atoms with van der Waals surface area (Å²) in [4.78, 5) is 0. The van der Waals surface area contributed by atoms with E-state index in [-0.39, 0.29) is 5.75 Å². The van der Waals surface area contributed by atoms with Crippen LogP contribution in [0.2, 0.25) is 0 Å². The van der Waals surface area contributed by atoms with Gasteiger partial charge in [-0.2, -0.15) is 0 Å². The minimum absolute atomic E-state index is 0.214. The molecule has 0 heterocycles. The van der Waals surface area contributed by atoms with Gasteiger partial charge in [-0.25, -0.2) is 0 Å². The lowest BCUT2D eigenvalue weighted by Crippen LogP contribution is -2.34. The molecule has 0 unspecified atom stereocenters. The van der Waals surface area contributed by atoms with E-state index >= 15 is 0 Å². The zero-order valence-corrected chi connectivity index (χ0v) is 7.15. The molecule has 0 spiro atoms. The van der Waals surface area contributed by atoms with Crippen LogP contribution in [0.25, 0.3) is 0 Å². The maximum Gasteiger partial charge on any atom is 0.493 e. The number of hydrogen-bond acceptors (Lipinski definition) is 3. The molecule has 0 amide bonds. The molecule has 1 aromatic rings. The first kappa shape index (κ1) is 9.10. The average Bonchev–Trinajstić information content (AvgIpc) is 2.07. The van der Waals surface area contributed by atoms with Gasteiger partial charge in [0.05, 0.1) is 0 Å². The maximum absolute atomic E-state index is 9.14. The first-order chi connectivity index (χ1) is 5.77. The Labute approximate surface area is 72.1 Å². The maximum atomic E-state index is 9.14. The third-order valence-corrected chi connectivity index (χ3v) is 1.57. The zero-order valence-electron chi connectivity index (χ0n) is 7.15. The molecule has 1 aromatic carbocycles. The van der Waals surface area contributed by atoms with Crippen LogP contribution in [0.15, 0.2) is 24.3 Å². The van der Waals surface area contributed by atoms with E-state index in [4.69, 9.17) is 14.4 Å². The molecule has 0 radical (unpaired) electrons. The molecule has 0 aromatic heterocycles. The molecule has 0 saturated heterocycles. The van der Waals surface area contributed by atoms with Crippen LogP contribution in [-0.4, -0.2) is 26.4 Å². The summed E-state index contributed by atoms with van der Waals surface area (Å²) in [6, 6.07) is 6.79. The number of phenols is 1. The SMILES string of the molecule is COB(OC)c1cccc(O)c1. The van der Waals surface area contributed by atoms with E-state index in [1.807, 2.05) is 6.07 Å². The lowest BCUT2D eigenvalue weighted by atomic mass is 9.79. The van der Waals surface area contributed by atoms with E-state index in [1.54, 1.807) is 32.4 Å². The van der Waals surface area contributed by atoms with Crippen molar-refractivity contribution in [1.82, 2.24) is 0 Å². The molecule has 3 nitrogen and oxygen atoms in total. The van der Waals surface area contributed by atoms with E-state index < -0.39 is 7.12 Å². The van der Waals surface area contributed by atoms with Gasteiger partial charge in [-0.3, -0.25) is 0 Å². The molecule has 1 rings (SSSR count). The zero-order chi connectivity index (χ0) is 8.97. The molecule has 0 aliphatic heterocycles. The van der Waals surface area contributed by atoms with Crippen molar-refractivity contribution in [3.63, 3.8) is 0 Å². The third kappa shape index (κ3) is 2.00. The van der Waals surface area contributed by atoms with Crippen LogP contribution in [0.5, 0.6) is 5.75 Å². The van der Waals surface area contributed by atoms with Crippen molar-refractivity contribution in [3.05, 3.63) is 24.3 Å². The Morgan fingerprint density at radius 3 is 2.42 bits per heavy atom. The van der Waals surface area contributed by atoms with Gasteiger partial charge in [-0.05, 0) is 17.6 Å². The van der Waals surface area contributed by atoms with Gasteiger partial charge in [0.15, 0.2) is 0 Å². The fourth-order valence-corrected chi connectivity index (χ4v) is 1.04. The second kappa shape index (κ2) is 4.14. The van der Waals surface area contributed by atoms with Gasteiger partial charge in [0.2, 0.25) is 0 Å². The molecule has 0 bridgehead atoms. The van der Waals surface area contributed by atoms with E-state index in [2.05, 4.69) is 0 Å². The molecule has 0 aliphatic rings. The van der Waals surface area contributed by atoms with Crippen LogP contribution in [0.1, 0.15) is 0 Å². The molecular weight excluding hydrogens is 155 g/mol. The van der Waals surface area contributed by atoms with E-state index in [9.17, 15) is 0 Å². The van der Waals surface area contributed by atoms with Gasteiger partial charge in [0.1, 0.15) is 5.75 Å². The van der Waals surface area contributed by atoms with Crippen LogP contribution in [0.3, 0.4) is 0 Å². The van der Waals surface area contributed by atoms with Crippen LogP contribution < -0.4 is 5.46 Å². The smallest absolute Gasteiger partial charge is 0.493 e. The van der Waals surface area contributed by atoms with Crippen molar-refractivity contribution in [3.8, 4) is 5.75 Å². The predicted molar refractivity (Wildman–Crippen MR) is 47.5 cm³/mol. The quantitative estimate of drug-likeness (QED) is 0.659. The fourth-order valence-electron chi connectivity index (χ4n) is 1.04. The Balaban J connectivity index is 2.85. The van der Waals surface area contributed by atoms with E-state index in [0.29, 0.717) is 0 Å². The highest BCUT2D eigenvalue weighted by atomic mass is 16.6. The van der Waals surface area contributed by atoms with Gasteiger partial charge in [-0.15, -0.1) is 0 Å². The monoisotopic (exact) mass is 166 g/mol. The van der Waals surface area contributed by atoms with Gasteiger partial charge in [-0.1, -0.05) is 12.1 Å². The highest BCUT2D eigenvalue weighted by Crippen LogP contribution is 2.04. The number of aromatic hydroxyl groups is 1. The van der Waals surface area contributed by atoms with Gasteiger partial charge in [0, 0.05) is 14.2 Å². The van der Waals surface area contributed by atoms with E-state index in [0.717, 1.165) is 5.46 Å². The first-order valence-corrected chi connectivity index (χ1v) is 3.62. The largest absolute Gasteiger partial charge is 0.508 e. The van der Waals surface area contributed by atoms with Gasteiger partial charge < -0.3 is 14.4 Å². The van der Waals surface area contributed by atoms with Crippen LogP contribution in [0.4, 0.5) is 0 Å². The summed E-state index contributed by atoms with van der Waals surface area (Å²) in [5.41, 5.74) is 0.806. The highest BCUT2D eigenvalue weighted by Gasteiger charge is 2.17. The van der Waals surface area contributed by atoms with Crippen molar-refractivity contribution in [1.29, 1.82) is 0 Å². The van der Waals surface area contributed by atoms with Crippen molar-refractivity contribution < 1.29 is 14.4 Å².